The number of hydrogen-bond acceptors (Lipinski definition) is 3. The summed E-state index contributed by atoms with van der Waals surface area (Å²) in [6.45, 7) is 4.65. The molecule has 0 bridgehead atoms. The van der Waals surface area contributed by atoms with E-state index >= 15 is 0 Å². The lowest BCUT2D eigenvalue weighted by molar-refractivity contribution is 0.307. The monoisotopic (exact) mass is 735 g/mol. The van der Waals surface area contributed by atoms with Gasteiger partial charge in [0.15, 0.2) is 0 Å². The summed E-state index contributed by atoms with van der Waals surface area (Å²) in [6.07, 6.45) is 41.8. The molecule has 56 heavy (non-hydrogen) atoms. The van der Waals surface area contributed by atoms with Crippen LogP contribution < -0.4 is 10.6 Å². The molecule has 3 heterocycles. The van der Waals surface area contributed by atoms with Crippen molar-refractivity contribution in [3.63, 3.8) is 0 Å². The Kier molecular flexibility index (Phi) is 8.13. The van der Waals surface area contributed by atoms with E-state index in [1.807, 2.05) is 0 Å². The number of benzene rings is 2. The molecule has 2 N–H and O–H groups in total. The molecule has 12 rings (SSSR count). The minimum Gasteiger partial charge on any atom is -0.385 e. The van der Waals surface area contributed by atoms with Gasteiger partial charge in [-0.1, -0.05) is 110 Å². The van der Waals surface area contributed by atoms with Crippen molar-refractivity contribution in [2.75, 3.05) is 18.4 Å². The van der Waals surface area contributed by atoms with Gasteiger partial charge in [-0.05, 0) is 144 Å². The van der Waals surface area contributed by atoms with E-state index in [1.54, 1.807) is 44.5 Å². The molecule has 0 aromatic heterocycles. The molecule has 11 unspecified atom stereocenters. The van der Waals surface area contributed by atoms with E-state index in [-0.39, 0.29) is 6.04 Å². The first kappa shape index (κ1) is 33.9. The molecule has 3 heteroatoms. The number of allylic oxidation sites excluding steroid dienone is 14. The van der Waals surface area contributed by atoms with Gasteiger partial charge in [0.05, 0.1) is 6.04 Å². The van der Waals surface area contributed by atoms with Gasteiger partial charge < -0.3 is 10.6 Å². The van der Waals surface area contributed by atoms with Crippen molar-refractivity contribution in [2.45, 2.75) is 101 Å². The average Bonchev–Trinajstić information content (AvgIpc) is 3.56. The molecule has 7 aliphatic carbocycles. The van der Waals surface area contributed by atoms with Gasteiger partial charge >= 0.3 is 0 Å². The molecular formula is C53H57N3. The van der Waals surface area contributed by atoms with Gasteiger partial charge in [0, 0.05) is 60.1 Å². The predicted octanol–water partition coefficient (Wildman–Crippen LogP) is 11.3. The Morgan fingerprint density at radius 3 is 2.70 bits per heavy atom. The lowest BCUT2D eigenvalue weighted by atomic mass is 9.63. The number of aryl methyl sites for hydroxylation is 2. The van der Waals surface area contributed by atoms with Crippen LogP contribution in [0.25, 0.3) is 5.57 Å². The largest absolute Gasteiger partial charge is 0.385 e. The first-order valence-corrected chi connectivity index (χ1v) is 22.5. The molecule has 11 atom stereocenters. The fourth-order valence-electron chi connectivity index (χ4n) is 13.5. The molecule has 10 aliphatic rings. The van der Waals surface area contributed by atoms with E-state index in [9.17, 15) is 0 Å². The first-order valence-electron chi connectivity index (χ1n) is 22.5. The number of rotatable bonds is 5. The van der Waals surface area contributed by atoms with Gasteiger partial charge in [-0.2, -0.15) is 0 Å². The van der Waals surface area contributed by atoms with Crippen molar-refractivity contribution in [1.29, 1.82) is 0 Å². The van der Waals surface area contributed by atoms with Gasteiger partial charge in [0.25, 0.3) is 0 Å². The second-order valence-corrected chi connectivity index (χ2v) is 19.0. The Morgan fingerprint density at radius 2 is 1.71 bits per heavy atom. The van der Waals surface area contributed by atoms with Crippen molar-refractivity contribution in [3.05, 3.63) is 153 Å². The van der Waals surface area contributed by atoms with Crippen LogP contribution in [0.15, 0.2) is 125 Å². The van der Waals surface area contributed by atoms with Gasteiger partial charge in [-0.25, -0.2) is 0 Å². The molecule has 1 saturated carbocycles. The van der Waals surface area contributed by atoms with E-state index in [0.717, 1.165) is 32.4 Å². The highest BCUT2D eigenvalue weighted by Gasteiger charge is 2.49. The smallest absolute Gasteiger partial charge is 0.0522 e. The Bertz CT molecular complexity index is 2270. The number of hydrogen-bond donors (Lipinski definition) is 2. The normalized spacial score (nSPS) is 35.6. The van der Waals surface area contributed by atoms with Gasteiger partial charge in [-0.15, -0.1) is 0 Å². The molecule has 0 saturated heterocycles. The lowest BCUT2D eigenvalue weighted by Crippen LogP contribution is -2.56. The Morgan fingerprint density at radius 1 is 0.804 bits per heavy atom. The van der Waals surface area contributed by atoms with E-state index in [0.29, 0.717) is 59.3 Å². The minimum atomic E-state index is 0.273. The zero-order valence-electron chi connectivity index (χ0n) is 33.1. The quantitative estimate of drug-likeness (QED) is 0.300. The van der Waals surface area contributed by atoms with Crippen LogP contribution in [0.2, 0.25) is 0 Å². The Hall–Kier alpha value is -4.21. The van der Waals surface area contributed by atoms with Crippen molar-refractivity contribution >= 4 is 17.0 Å². The number of nitrogens with one attached hydrogen (secondary N) is 2. The van der Waals surface area contributed by atoms with Crippen LogP contribution in [0, 0.1) is 35.5 Å². The topological polar surface area (TPSA) is 36.4 Å². The van der Waals surface area contributed by atoms with E-state index in [1.165, 1.54) is 67.5 Å². The second-order valence-electron chi connectivity index (χ2n) is 19.0. The van der Waals surface area contributed by atoms with Gasteiger partial charge in [-0.3, -0.25) is 4.99 Å². The maximum Gasteiger partial charge on any atom is 0.0522 e. The highest BCUT2D eigenvalue weighted by Crippen LogP contribution is 2.61. The first-order chi connectivity index (χ1) is 27.7. The summed E-state index contributed by atoms with van der Waals surface area (Å²) < 4.78 is 0. The van der Waals surface area contributed by atoms with Crippen LogP contribution in [0.4, 0.5) is 5.69 Å². The molecule has 0 radical (unpaired) electrons. The van der Waals surface area contributed by atoms with Crippen LogP contribution >= 0.6 is 0 Å². The molecule has 284 valence electrons. The summed E-state index contributed by atoms with van der Waals surface area (Å²) >= 11 is 0. The van der Waals surface area contributed by atoms with Crippen LogP contribution in [0.1, 0.15) is 109 Å². The van der Waals surface area contributed by atoms with Crippen molar-refractivity contribution in [2.24, 2.45) is 40.5 Å². The number of fused-ring (bicyclic) bond motifs is 11. The predicted molar refractivity (Wildman–Crippen MR) is 232 cm³/mol. The van der Waals surface area contributed by atoms with E-state index in [2.05, 4.69) is 121 Å². The maximum atomic E-state index is 5.26. The third-order valence-corrected chi connectivity index (χ3v) is 16.1. The van der Waals surface area contributed by atoms with Crippen LogP contribution in [-0.2, 0) is 12.8 Å². The lowest BCUT2D eigenvalue weighted by Gasteiger charge is -2.47. The molecular weight excluding hydrogens is 679 g/mol. The standard InChI is InChI=1S/C53H57N3/c1-31(17-18-32-19-20-33-10-7-25-54-48(33)27-32)49-39-13-4-5-14-40(39)51(47-24-23-35-22-21-34-11-8-26-55-52(34)53(35)56-47)46-30-43-42(29-45(46)49)41-16-6-15-38-37-12-3-2-9-36(37)28-44(43)50(38)41/h2-6,9,12-15,19-20,23-24,27,29-31,34-37,40-41,44,47,51,53-54,56H,7-8,10-11,16-18,21-22,25-26,28H2,1H3. The highest BCUT2D eigenvalue weighted by atomic mass is 15.0. The zero-order chi connectivity index (χ0) is 36.9. The van der Waals surface area contributed by atoms with Gasteiger partial charge in [0.2, 0.25) is 0 Å². The Labute approximate surface area is 334 Å². The summed E-state index contributed by atoms with van der Waals surface area (Å²) in [5.74, 6) is 4.56. The fraction of sp³-hybridized carbons (Fsp3) is 0.453. The van der Waals surface area contributed by atoms with Crippen LogP contribution in [0.3, 0.4) is 0 Å². The number of anilines is 1. The Balaban J connectivity index is 0.980. The summed E-state index contributed by atoms with van der Waals surface area (Å²) in [7, 11) is 0. The van der Waals surface area contributed by atoms with Crippen molar-refractivity contribution < 1.29 is 0 Å². The molecule has 0 amide bonds. The molecule has 0 spiro atoms. The summed E-state index contributed by atoms with van der Waals surface area (Å²) in [6, 6.07) is 13.5. The van der Waals surface area contributed by atoms with Crippen molar-refractivity contribution in [3.8, 4) is 0 Å². The van der Waals surface area contributed by atoms with E-state index in [4.69, 9.17) is 4.99 Å². The summed E-state index contributed by atoms with van der Waals surface area (Å²) in [5.41, 5.74) is 18.8. The second kappa shape index (κ2) is 13.4. The third kappa shape index (κ3) is 5.28. The highest BCUT2D eigenvalue weighted by molar-refractivity contribution is 5.93. The molecule has 2 aromatic rings. The molecule has 2 aromatic carbocycles. The molecule has 1 fully saturated rings. The van der Waals surface area contributed by atoms with E-state index < -0.39 is 0 Å². The van der Waals surface area contributed by atoms with Crippen LogP contribution in [0.5, 0.6) is 0 Å². The summed E-state index contributed by atoms with van der Waals surface area (Å²) in [5, 5.41) is 8.06. The average molecular weight is 736 g/mol. The van der Waals surface area contributed by atoms with Crippen LogP contribution in [-0.4, -0.2) is 30.9 Å². The third-order valence-electron chi connectivity index (χ3n) is 16.1. The fourth-order valence-corrected chi connectivity index (χ4v) is 13.5. The SMILES string of the molecule is CC(CCc1ccc2c(c1)NCCC2)C1=C2C=CC=CC2C(C2C=CC3CCC4CCCN=C4C3N2)c2cc3c(cc21)C1CC=CC2=C1C3CC1C=CC=CC21. The summed E-state index contributed by atoms with van der Waals surface area (Å²) in [4.78, 5) is 5.26. The zero-order valence-corrected chi connectivity index (χ0v) is 33.1. The molecule has 3 nitrogen and oxygen atoms in total. The van der Waals surface area contributed by atoms with Gasteiger partial charge in [0.1, 0.15) is 0 Å². The molecule has 3 aliphatic heterocycles. The maximum absolute atomic E-state index is 5.26. The minimum absolute atomic E-state index is 0.273. The van der Waals surface area contributed by atoms with Crippen molar-refractivity contribution in [1.82, 2.24) is 5.32 Å². The number of nitrogens with zero attached hydrogens (tertiary/aromatic N) is 1. The number of aliphatic imine (C=N–C) groups is 1.